The molecule has 0 saturated heterocycles. The highest BCUT2D eigenvalue weighted by molar-refractivity contribution is 5.91. The fourth-order valence-electron chi connectivity index (χ4n) is 2.48. The molecule has 1 amide bonds. The van der Waals surface area contributed by atoms with Gasteiger partial charge in [0.25, 0.3) is 0 Å². The van der Waals surface area contributed by atoms with E-state index in [-0.39, 0.29) is 17.9 Å². The fourth-order valence-corrected chi connectivity index (χ4v) is 2.48. The van der Waals surface area contributed by atoms with Crippen LogP contribution in [0.1, 0.15) is 31.7 Å². The highest BCUT2D eigenvalue weighted by atomic mass is 16.3. The van der Waals surface area contributed by atoms with Gasteiger partial charge in [0.05, 0.1) is 5.41 Å². The Kier molecular flexibility index (Phi) is 4.02. The molecule has 0 spiro atoms. The molecule has 1 N–H and O–H groups in total. The predicted octanol–water partition coefficient (Wildman–Crippen LogP) is 1.95. The fraction of sp³-hybridized carbons (Fsp3) is 0.533. The van der Waals surface area contributed by atoms with Crippen molar-refractivity contribution in [3.05, 3.63) is 35.9 Å². The second-order valence-corrected chi connectivity index (χ2v) is 4.91. The molecule has 0 aromatic heterocycles. The molecule has 0 aliphatic heterocycles. The summed E-state index contributed by atoms with van der Waals surface area (Å²) in [6.07, 6.45) is 2.56. The molecule has 2 rings (SSSR count). The zero-order chi connectivity index (χ0) is 13.0. The number of amides is 1. The number of hydrogen-bond acceptors (Lipinski definition) is 2. The molecule has 1 aromatic carbocycles. The molecular weight excluding hydrogens is 226 g/mol. The first-order valence-corrected chi connectivity index (χ1v) is 6.70. The van der Waals surface area contributed by atoms with Gasteiger partial charge >= 0.3 is 0 Å². The van der Waals surface area contributed by atoms with Crippen LogP contribution in [0, 0.1) is 0 Å². The van der Waals surface area contributed by atoms with Gasteiger partial charge in [0.1, 0.15) is 0 Å². The van der Waals surface area contributed by atoms with Crippen LogP contribution in [0.2, 0.25) is 0 Å². The molecule has 1 aliphatic carbocycles. The molecule has 1 fully saturated rings. The Morgan fingerprint density at radius 1 is 1.33 bits per heavy atom. The van der Waals surface area contributed by atoms with Gasteiger partial charge in [-0.1, -0.05) is 30.3 Å². The summed E-state index contributed by atoms with van der Waals surface area (Å²) < 4.78 is 0. The van der Waals surface area contributed by atoms with E-state index in [1.54, 1.807) is 0 Å². The van der Waals surface area contributed by atoms with E-state index in [1.807, 2.05) is 42.2 Å². The Labute approximate surface area is 108 Å². The molecule has 0 atom stereocenters. The molecule has 0 heterocycles. The van der Waals surface area contributed by atoms with Gasteiger partial charge in [-0.2, -0.15) is 0 Å². The van der Waals surface area contributed by atoms with E-state index in [9.17, 15) is 4.79 Å². The number of nitrogens with zero attached hydrogens (tertiary/aromatic N) is 1. The van der Waals surface area contributed by atoms with Crippen LogP contribution < -0.4 is 0 Å². The van der Waals surface area contributed by atoms with Gasteiger partial charge in [0.15, 0.2) is 0 Å². The topological polar surface area (TPSA) is 40.5 Å². The molecule has 0 radical (unpaired) electrons. The Balaban J connectivity index is 2.12. The third-order valence-corrected chi connectivity index (χ3v) is 3.74. The minimum Gasteiger partial charge on any atom is -0.396 e. The maximum Gasteiger partial charge on any atom is 0.233 e. The maximum atomic E-state index is 12.6. The van der Waals surface area contributed by atoms with Crippen molar-refractivity contribution in [2.24, 2.45) is 0 Å². The smallest absolute Gasteiger partial charge is 0.233 e. The molecule has 1 aliphatic rings. The first kappa shape index (κ1) is 13.1. The molecule has 0 unspecified atom stereocenters. The van der Waals surface area contributed by atoms with Crippen LogP contribution in [0.4, 0.5) is 0 Å². The average Bonchev–Trinajstić information content (AvgIpc) is 3.22. The monoisotopic (exact) mass is 247 g/mol. The van der Waals surface area contributed by atoms with Gasteiger partial charge in [-0.3, -0.25) is 4.79 Å². The Morgan fingerprint density at radius 3 is 2.50 bits per heavy atom. The third-order valence-electron chi connectivity index (χ3n) is 3.74. The van der Waals surface area contributed by atoms with Crippen molar-refractivity contribution >= 4 is 5.91 Å². The highest BCUT2D eigenvalue weighted by Crippen LogP contribution is 2.49. The zero-order valence-corrected chi connectivity index (χ0v) is 10.9. The highest BCUT2D eigenvalue weighted by Gasteiger charge is 2.52. The number of benzene rings is 1. The summed E-state index contributed by atoms with van der Waals surface area (Å²) in [5.74, 6) is 0.227. The molecule has 3 heteroatoms. The van der Waals surface area contributed by atoms with Crippen molar-refractivity contribution in [2.45, 2.75) is 31.6 Å². The van der Waals surface area contributed by atoms with Crippen LogP contribution in [0.15, 0.2) is 30.3 Å². The van der Waals surface area contributed by atoms with Crippen molar-refractivity contribution < 1.29 is 9.90 Å². The van der Waals surface area contributed by atoms with Crippen molar-refractivity contribution in [3.63, 3.8) is 0 Å². The molecule has 3 nitrogen and oxygen atoms in total. The lowest BCUT2D eigenvalue weighted by molar-refractivity contribution is -0.133. The Morgan fingerprint density at radius 2 is 2.00 bits per heavy atom. The van der Waals surface area contributed by atoms with Crippen molar-refractivity contribution in [1.29, 1.82) is 0 Å². The molecule has 0 bridgehead atoms. The van der Waals surface area contributed by atoms with E-state index in [0.717, 1.165) is 18.4 Å². The number of rotatable bonds is 6. The number of likely N-dealkylation sites (N-methyl/N-ethyl adjacent to an activating group) is 1. The van der Waals surface area contributed by atoms with E-state index in [0.29, 0.717) is 19.5 Å². The first-order valence-electron chi connectivity index (χ1n) is 6.70. The standard InChI is InChI=1S/C15H21NO2/c1-2-16(11-6-12-17)14(18)15(9-10-15)13-7-4-3-5-8-13/h3-5,7-8,17H,2,6,9-12H2,1H3. The quantitative estimate of drug-likeness (QED) is 0.834. The van der Waals surface area contributed by atoms with E-state index in [2.05, 4.69) is 0 Å². The van der Waals surface area contributed by atoms with Crippen LogP contribution in [0.3, 0.4) is 0 Å². The van der Waals surface area contributed by atoms with Gasteiger partial charge < -0.3 is 10.0 Å². The third kappa shape index (κ3) is 2.41. The van der Waals surface area contributed by atoms with E-state index in [1.165, 1.54) is 0 Å². The second-order valence-electron chi connectivity index (χ2n) is 4.91. The summed E-state index contributed by atoms with van der Waals surface area (Å²) in [4.78, 5) is 14.5. The summed E-state index contributed by atoms with van der Waals surface area (Å²) in [6, 6.07) is 10.1. The summed E-state index contributed by atoms with van der Waals surface area (Å²) in [5, 5.41) is 8.89. The Bertz CT molecular complexity index is 398. The minimum atomic E-state index is -0.271. The molecule has 18 heavy (non-hydrogen) atoms. The molecule has 1 aromatic rings. The Hall–Kier alpha value is -1.35. The molecule has 1 saturated carbocycles. The molecule has 98 valence electrons. The van der Waals surface area contributed by atoms with Crippen LogP contribution in [-0.4, -0.2) is 35.6 Å². The lowest BCUT2D eigenvalue weighted by Gasteiger charge is -2.26. The van der Waals surface area contributed by atoms with Gasteiger partial charge in [-0.05, 0) is 31.7 Å². The lowest BCUT2D eigenvalue weighted by atomic mass is 9.94. The van der Waals surface area contributed by atoms with E-state index >= 15 is 0 Å². The number of aliphatic hydroxyl groups is 1. The van der Waals surface area contributed by atoms with Crippen LogP contribution in [0.5, 0.6) is 0 Å². The van der Waals surface area contributed by atoms with Gasteiger partial charge in [-0.25, -0.2) is 0 Å². The first-order chi connectivity index (χ1) is 8.74. The lowest BCUT2D eigenvalue weighted by Crippen LogP contribution is -2.40. The van der Waals surface area contributed by atoms with Crippen molar-refractivity contribution in [3.8, 4) is 0 Å². The minimum absolute atomic E-state index is 0.141. The van der Waals surface area contributed by atoms with Gasteiger partial charge in [0, 0.05) is 19.7 Å². The SMILES string of the molecule is CCN(CCCO)C(=O)C1(c2ccccc2)CC1. The largest absolute Gasteiger partial charge is 0.396 e. The average molecular weight is 247 g/mol. The summed E-state index contributed by atoms with van der Waals surface area (Å²) in [5.41, 5.74) is 0.865. The summed E-state index contributed by atoms with van der Waals surface area (Å²) in [6.45, 7) is 3.51. The maximum absolute atomic E-state index is 12.6. The van der Waals surface area contributed by atoms with Gasteiger partial charge in [-0.15, -0.1) is 0 Å². The predicted molar refractivity (Wildman–Crippen MR) is 71.3 cm³/mol. The number of hydrogen-bond donors (Lipinski definition) is 1. The van der Waals surface area contributed by atoms with Crippen molar-refractivity contribution in [2.75, 3.05) is 19.7 Å². The van der Waals surface area contributed by atoms with Crippen LogP contribution >= 0.6 is 0 Å². The second kappa shape index (κ2) is 5.53. The van der Waals surface area contributed by atoms with E-state index < -0.39 is 0 Å². The van der Waals surface area contributed by atoms with Crippen LogP contribution in [0.25, 0.3) is 0 Å². The van der Waals surface area contributed by atoms with Crippen LogP contribution in [-0.2, 0) is 10.2 Å². The van der Waals surface area contributed by atoms with Gasteiger partial charge in [0.2, 0.25) is 5.91 Å². The number of carbonyl (C=O) groups excluding carboxylic acids is 1. The molecular formula is C15H21NO2. The summed E-state index contributed by atoms with van der Waals surface area (Å²) >= 11 is 0. The summed E-state index contributed by atoms with van der Waals surface area (Å²) in [7, 11) is 0. The van der Waals surface area contributed by atoms with Crippen molar-refractivity contribution in [1.82, 2.24) is 4.90 Å². The normalized spacial score (nSPS) is 16.3. The zero-order valence-electron chi connectivity index (χ0n) is 10.9. The number of aliphatic hydroxyl groups excluding tert-OH is 1. The number of carbonyl (C=O) groups is 1. The van der Waals surface area contributed by atoms with E-state index in [4.69, 9.17) is 5.11 Å².